The maximum absolute atomic E-state index is 4.89. The van der Waals surface area contributed by atoms with Gasteiger partial charge in [-0.1, -0.05) is 27.7 Å². The molecule has 0 bridgehead atoms. The van der Waals surface area contributed by atoms with Crippen LogP contribution in [0.15, 0.2) is 29.9 Å². The van der Waals surface area contributed by atoms with Crippen LogP contribution in [0, 0.1) is 0 Å². The van der Waals surface area contributed by atoms with E-state index in [0.29, 0.717) is 17.9 Å². The van der Waals surface area contributed by atoms with Gasteiger partial charge < -0.3 is 4.57 Å². The van der Waals surface area contributed by atoms with E-state index in [9.17, 15) is 0 Å². The predicted octanol–water partition coefficient (Wildman–Crippen LogP) is 6.27. The third kappa shape index (κ3) is 3.90. The summed E-state index contributed by atoms with van der Waals surface area (Å²) >= 11 is 1.75. The molecule has 6 heteroatoms. The van der Waals surface area contributed by atoms with Crippen molar-refractivity contribution in [1.82, 2.24) is 24.5 Å². The van der Waals surface area contributed by atoms with Crippen molar-refractivity contribution >= 4 is 32.6 Å². The van der Waals surface area contributed by atoms with Gasteiger partial charge >= 0.3 is 0 Å². The molecular formula is C23H29N5S. The van der Waals surface area contributed by atoms with E-state index in [1.165, 1.54) is 10.4 Å². The van der Waals surface area contributed by atoms with Crippen LogP contribution in [0.1, 0.15) is 82.7 Å². The summed E-state index contributed by atoms with van der Waals surface area (Å²) in [7, 11) is 0. The Balaban J connectivity index is 1.54. The maximum atomic E-state index is 4.89. The van der Waals surface area contributed by atoms with Crippen LogP contribution in [-0.4, -0.2) is 24.5 Å². The SMILES string of the molecule is CCc1nc(C(C)CCC(C)n2ccc3cnc(C(C)C)nc32)c2sccc2n1. The first-order valence-corrected chi connectivity index (χ1v) is 11.4. The highest BCUT2D eigenvalue weighted by atomic mass is 32.1. The molecule has 0 aliphatic carbocycles. The van der Waals surface area contributed by atoms with E-state index < -0.39 is 0 Å². The summed E-state index contributed by atoms with van der Waals surface area (Å²) in [5.41, 5.74) is 3.33. The van der Waals surface area contributed by atoms with Gasteiger partial charge in [-0.05, 0) is 37.3 Å². The van der Waals surface area contributed by atoms with Crippen molar-refractivity contribution in [2.45, 2.75) is 71.8 Å². The summed E-state index contributed by atoms with van der Waals surface area (Å²) < 4.78 is 3.54. The van der Waals surface area contributed by atoms with Gasteiger partial charge in [0.1, 0.15) is 17.3 Å². The third-order valence-corrected chi connectivity index (χ3v) is 6.57. The molecule has 0 spiro atoms. The highest BCUT2D eigenvalue weighted by Crippen LogP contribution is 2.32. The molecular weight excluding hydrogens is 378 g/mol. The zero-order valence-corrected chi connectivity index (χ0v) is 18.7. The van der Waals surface area contributed by atoms with Crippen LogP contribution in [0.5, 0.6) is 0 Å². The van der Waals surface area contributed by atoms with Gasteiger partial charge in [-0.15, -0.1) is 11.3 Å². The summed E-state index contributed by atoms with van der Waals surface area (Å²) in [6.07, 6.45) is 7.12. The predicted molar refractivity (Wildman–Crippen MR) is 121 cm³/mol. The molecule has 5 nitrogen and oxygen atoms in total. The molecule has 0 radical (unpaired) electrons. The smallest absolute Gasteiger partial charge is 0.143 e. The van der Waals surface area contributed by atoms with E-state index in [0.717, 1.165) is 47.5 Å². The monoisotopic (exact) mass is 407 g/mol. The minimum atomic E-state index is 0.330. The van der Waals surface area contributed by atoms with Gasteiger partial charge in [-0.2, -0.15) is 0 Å². The number of thiophene rings is 1. The van der Waals surface area contributed by atoms with Gasteiger partial charge in [0, 0.05) is 42.1 Å². The molecule has 0 aromatic carbocycles. The van der Waals surface area contributed by atoms with E-state index in [-0.39, 0.29) is 0 Å². The van der Waals surface area contributed by atoms with Crippen LogP contribution >= 0.6 is 11.3 Å². The fourth-order valence-electron chi connectivity index (χ4n) is 3.78. The van der Waals surface area contributed by atoms with Crippen LogP contribution in [0.25, 0.3) is 21.3 Å². The molecule has 0 saturated heterocycles. The lowest BCUT2D eigenvalue weighted by Crippen LogP contribution is -2.09. The van der Waals surface area contributed by atoms with Crippen molar-refractivity contribution in [3.63, 3.8) is 0 Å². The Morgan fingerprint density at radius 2 is 1.86 bits per heavy atom. The van der Waals surface area contributed by atoms with Gasteiger partial charge in [-0.3, -0.25) is 0 Å². The molecule has 0 fully saturated rings. The van der Waals surface area contributed by atoms with Gasteiger partial charge in [0.05, 0.1) is 15.9 Å². The molecule has 4 aromatic rings. The van der Waals surface area contributed by atoms with E-state index in [1.807, 2.05) is 6.20 Å². The Morgan fingerprint density at radius 1 is 1.03 bits per heavy atom. The summed E-state index contributed by atoms with van der Waals surface area (Å²) in [6, 6.07) is 4.60. The van der Waals surface area contributed by atoms with E-state index in [1.54, 1.807) is 11.3 Å². The number of hydrogen-bond donors (Lipinski definition) is 0. The average molecular weight is 408 g/mol. The zero-order chi connectivity index (χ0) is 20.5. The standard InChI is InChI=1S/C23H29N5S/c1-6-19-25-18-10-12-29-21(18)20(26-19)15(4)7-8-16(5)28-11-9-17-13-24-22(14(2)3)27-23(17)28/h9-16H,6-8H2,1-5H3. The number of aromatic nitrogens is 5. The highest BCUT2D eigenvalue weighted by Gasteiger charge is 2.18. The molecule has 29 heavy (non-hydrogen) atoms. The number of fused-ring (bicyclic) bond motifs is 2. The molecule has 0 saturated carbocycles. The number of rotatable bonds is 7. The molecule has 0 amide bonds. The molecule has 4 rings (SSSR count). The third-order valence-electron chi connectivity index (χ3n) is 5.64. The number of nitrogens with zero attached hydrogens (tertiary/aromatic N) is 5. The molecule has 0 N–H and O–H groups in total. The Bertz CT molecular complexity index is 1130. The second-order valence-corrected chi connectivity index (χ2v) is 9.14. The second-order valence-electron chi connectivity index (χ2n) is 8.23. The quantitative estimate of drug-likeness (QED) is 0.362. The minimum absolute atomic E-state index is 0.330. The molecule has 2 atom stereocenters. The summed E-state index contributed by atoms with van der Waals surface area (Å²) in [5.74, 6) is 2.58. The van der Waals surface area contributed by atoms with Crippen molar-refractivity contribution in [2.75, 3.05) is 0 Å². The first-order chi connectivity index (χ1) is 14.0. The van der Waals surface area contributed by atoms with Crippen molar-refractivity contribution < 1.29 is 0 Å². The van der Waals surface area contributed by atoms with E-state index >= 15 is 0 Å². The van der Waals surface area contributed by atoms with Crippen molar-refractivity contribution in [2.24, 2.45) is 0 Å². The Labute approximate surface area is 176 Å². The fraction of sp³-hybridized carbons (Fsp3) is 0.478. The van der Waals surface area contributed by atoms with Gasteiger partial charge in [0.15, 0.2) is 0 Å². The largest absolute Gasteiger partial charge is 0.330 e. The molecule has 152 valence electrons. The average Bonchev–Trinajstić information content (AvgIpc) is 3.36. The summed E-state index contributed by atoms with van der Waals surface area (Å²) in [4.78, 5) is 18.9. The van der Waals surface area contributed by atoms with Crippen LogP contribution in [0.2, 0.25) is 0 Å². The van der Waals surface area contributed by atoms with Crippen LogP contribution < -0.4 is 0 Å². The fourth-order valence-corrected chi connectivity index (χ4v) is 4.71. The van der Waals surface area contributed by atoms with Crippen molar-refractivity contribution in [3.8, 4) is 0 Å². The van der Waals surface area contributed by atoms with Crippen LogP contribution in [-0.2, 0) is 6.42 Å². The second kappa shape index (κ2) is 8.19. The molecule has 4 aromatic heterocycles. The lowest BCUT2D eigenvalue weighted by molar-refractivity contribution is 0.472. The van der Waals surface area contributed by atoms with Crippen LogP contribution in [0.4, 0.5) is 0 Å². The number of aryl methyl sites for hydroxylation is 1. The molecule has 0 aliphatic heterocycles. The Morgan fingerprint density at radius 3 is 2.62 bits per heavy atom. The zero-order valence-electron chi connectivity index (χ0n) is 17.9. The van der Waals surface area contributed by atoms with Gasteiger partial charge in [-0.25, -0.2) is 19.9 Å². The van der Waals surface area contributed by atoms with Crippen molar-refractivity contribution in [3.05, 3.63) is 47.2 Å². The molecule has 4 heterocycles. The highest BCUT2D eigenvalue weighted by molar-refractivity contribution is 7.17. The van der Waals surface area contributed by atoms with Gasteiger partial charge in [0.2, 0.25) is 0 Å². The normalized spacial score (nSPS) is 14.1. The molecule has 0 aliphatic rings. The van der Waals surface area contributed by atoms with Crippen LogP contribution in [0.3, 0.4) is 0 Å². The summed E-state index contributed by atoms with van der Waals surface area (Å²) in [6.45, 7) is 11.0. The first-order valence-electron chi connectivity index (χ1n) is 10.5. The lowest BCUT2D eigenvalue weighted by Gasteiger charge is -2.18. The Hall–Kier alpha value is -2.34. The lowest BCUT2D eigenvalue weighted by atomic mass is 9.98. The Kier molecular flexibility index (Phi) is 5.63. The van der Waals surface area contributed by atoms with E-state index in [4.69, 9.17) is 9.97 Å². The molecule has 2 unspecified atom stereocenters. The first kappa shape index (κ1) is 20.0. The summed E-state index contributed by atoms with van der Waals surface area (Å²) in [5, 5.41) is 3.23. The minimum Gasteiger partial charge on any atom is -0.330 e. The van der Waals surface area contributed by atoms with Crippen molar-refractivity contribution in [1.29, 1.82) is 0 Å². The van der Waals surface area contributed by atoms with E-state index in [2.05, 4.69) is 72.9 Å². The topological polar surface area (TPSA) is 56.5 Å². The maximum Gasteiger partial charge on any atom is 0.143 e. The number of hydrogen-bond acceptors (Lipinski definition) is 5. The van der Waals surface area contributed by atoms with Gasteiger partial charge in [0.25, 0.3) is 0 Å².